The molecule has 0 amide bonds. The first-order chi connectivity index (χ1) is 11.7. The molecule has 3 aromatic rings. The Bertz CT molecular complexity index is 830. The highest BCUT2D eigenvalue weighted by Gasteiger charge is 2.12. The van der Waals surface area contributed by atoms with Gasteiger partial charge in [0, 0.05) is 22.7 Å². The maximum Gasteiger partial charge on any atom is 0.127 e. The Labute approximate surface area is 147 Å². The van der Waals surface area contributed by atoms with Crippen LogP contribution in [0.4, 0.5) is 0 Å². The van der Waals surface area contributed by atoms with Crippen molar-refractivity contribution in [3.8, 4) is 16.9 Å². The summed E-state index contributed by atoms with van der Waals surface area (Å²) in [5, 5.41) is 0.734. The zero-order valence-corrected chi connectivity index (χ0v) is 14.4. The van der Waals surface area contributed by atoms with E-state index in [0.29, 0.717) is 13.2 Å². The highest BCUT2D eigenvalue weighted by Crippen LogP contribution is 2.34. The molecule has 0 saturated carbocycles. The topological polar surface area (TPSA) is 35.2 Å². The fourth-order valence-electron chi connectivity index (χ4n) is 2.79. The van der Waals surface area contributed by atoms with Crippen molar-refractivity contribution >= 4 is 11.6 Å². The number of ether oxygens (including phenoxy) is 1. The van der Waals surface area contributed by atoms with Crippen LogP contribution in [0.3, 0.4) is 0 Å². The molecule has 0 bridgehead atoms. The third-order valence-corrected chi connectivity index (χ3v) is 4.31. The number of aryl methyl sites for hydroxylation is 1. The fraction of sp³-hybridized carbons (Fsp3) is 0.143. The molecule has 0 heterocycles. The molecule has 3 heteroatoms. The predicted octanol–water partition coefficient (Wildman–Crippen LogP) is 5.35. The molecule has 2 nitrogen and oxygen atoms in total. The van der Waals surface area contributed by atoms with Gasteiger partial charge in [-0.3, -0.25) is 0 Å². The molecule has 0 radical (unpaired) electrons. The van der Waals surface area contributed by atoms with Crippen LogP contribution in [-0.2, 0) is 13.2 Å². The minimum absolute atomic E-state index is 0.420. The lowest BCUT2D eigenvalue weighted by Crippen LogP contribution is -2.05. The monoisotopic (exact) mass is 337 g/mol. The Hall–Kier alpha value is -2.29. The van der Waals surface area contributed by atoms with Gasteiger partial charge in [-0.2, -0.15) is 0 Å². The summed E-state index contributed by atoms with van der Waals surface area (Å²) in [6, 6.07) is 22.1. The van der Waals surface area contributed by atoms with Crippen molar-refractivity contribution in [2.75, 3.05) is 0 Å². The van der Waals surface area contributed by atoms with Crippen LogP contribution in [0.2, 0.25) is 5.02 Å². The summed E-state index contributed by atoms with van der Waals surface area (Å²) < 4.78 is 6.05. The molecule has 3 aromatic carbocycles. The first-order valence-electron chi connectivity index (χ1n) is 7.94. The maximum absolute atomic E-state index is 6.33. The van der Waals surface area contributed by atoms with Crippen molar-refractivity contribution in [3.05, 3.63) is 88.4 Å². The van der Waals surface area contributed by atoms with Crippen LogP contribution >= 0.6 is 11.6 Å². The summed E-state index contributed by atoms with van der Waals surface area (Å²) in [5.41, 5.74) is 11.2. The average Bonchev–Trinajstić information content (AvgIpc) is 2.61. The number of rotatable bonds is 5. The van der Waals surface area contributed by atoms with Gasteiger partial charge in [-0.25, -0.2) is 0 Å². The summed E-state index contributed by atoms with van der Waals surface area (Å²) in [6.45, 7) is 2.99. The average molecular weight is 338 g/mol. The smallest absolute Gasteiger partial charge is 0.127 e. The van der Waals surface area contributed by atoms with E-state index in [1.54, 1.807) is 0 Å². The molecular formula is C21H20ClNO. The molecule has 3 rings (SSSR count). The van der Waals surface area contributed by atoms with Crippen molar-refractivity contribution < 1.29 is 4.74 Å². The Morgan fingerprint density at radius 2 is 1.67 bits per heavy atom. The normalized spacial score (nSPS) is 10.6. The van der Waals surface area contributed by atoms with Crippen molar-refractivity contribution in [2.45, 2.75) is 20.1 Å². The lowest BCUT2D eigenvalue weighted by atomic mass is 9.99. The first-order valence-corrected chi connectivity index (χ1v) is 8.32. The van der Waals surface area contributed by atoms with Crippen LogP contribution in [0.1, 0.15) is 16.7 Å². The lowest BCUT2D eigenvalue weighted by Gasteiger charge is -2.16. The zero-order chi connectivity index (χ0) is 16.9. The van der Waals surface area contributed by atoms with Crippen LogP contribution in [0.5, 0.6) is 5.75 Å². The second-order valence-corrected chi connectivity index (χ2v) is 6.15. The van der Waals surface area contributed by atoms with Gasteiger partial charge in [-0.05, 0) is 41.8 Å². The van der Waals surface area contributed by atoms with Gasteiger partial charge in [0.2, 0.25) is 0 Å². The Kier molecular flexibility index (Phi) is 5.19. The predicted molar refractivity (Wildman–Crippen MR) is 100 cm³/mol. The van der Waals surface area contributed by atoms with Crippen molar-refractivity contribution in [2.24, 2.45) is 5.73 Å². The van der Waals surface area contributed by atoms with Gasteiger partial charge in [-0.1, -0.05) is 60.1 Å². The van der Waals surface area contributed by atoms with E-state index >= 15 is 0 Å². The highest BCUT2D eigenvalue weighted by atomic mass is 35.5. The third kappa shape index (κ3) is 3.61. The maximum atomic E-state index is 6.33. The summed E-state index contributed by atoms with van der Waals surface area (Å²) in [4.78, 5) is 0. The summed E-state index contributed by atoms with van der Waals surface area (Å²) in [6.07, 6.45) is 0. The van der Waals surface area contributed by atoms with E-state index in [1.807, 2.05) is 49.4 Å². The van der Waals surface area contributed by atoms with Crippen LogP contribution in [0.15, 0.2) is 66.7 Å². The van der Waals surface area contributed by atoms with Gasteiger partial charge in [0.25, 0.3) is 0 Å². The van der Waals surface area contributed by atoms with Gasteiger partial charge in [-0.15, -0.1) is 0 Å². The van der Waals surface area contributed by atoms with Crippen LogP contribution in [-0.4, -0.2) is 0 Å². The Balaban J connectivity index is 1.92. The number of hydrogen-bond acceptors (Lipinski definition) is 2. The van der Waals surface area contributed by atoms with E-state index in [2.05, 4.69) is 24.3 Å². The molecule has 0 aliphatic heterocycles. The quantitative estimate of drug-likeness (QED) is 0.680. The number of benzene rings is 3. The van der Waals surface area contributed by atoms with Crippen molar-refractivity contribution in [1.29, 1.82) is 0 Å². The van der Waals surface area contributed by atoms with Crippen molar-refractivity contribution in [1.82, 2.24) is 0 Å². The minimum atomic E-state index is 0.420. The van der Waals surface area contributed by atoms with Gasteiger partial charge < -0.3 is 10.5 Å². The van der Waals surface area contributed by atoms with E-state index in [0.717, 1.165) is 38.6 Å². The van der Waals surface area contributed by atoms with Gasteiger partial charge in [0.05, 0.1) is 0 Å². The molecular weight excluding hydrogens is 318 g/mol. The SMILES string of the molecule is Cc1cc(-c2ccccc2Cl)cc(CN)c1OCc1ccccc1. The second-order valence-electron chi connectivity index (χ2n) is 5.74. The standard InChI is InChI=1S/C21H20ClNO/c1-15-11-17(19-9-5-6-10-20(19)22)12-18(13-23)21(15)24-14-16-7-3-2-4-8-16/h2-12H,13-14,23H2,1H3. The Morgan fingerprint density at radius 1 is 0.958 bits per heavy atom. The number of halogens is 1. The molecule has 0 aromatic heterocycles. The largest absolute Gasteiger partial charge is 0.488 e. The molecule has 122 valence electrons. The molecule has 0 saturated heterocycles. The Morgan fingerprint density at radius 3 is 2.38 bits per heavy atom. The van der Waals surface area contributed by atoms with Gasteiger partial charge in [0.15, 0.2) is 0 Å². The minimum Gasteiger partial charge on any atom is -0.488 e. The van der Waals surface area contributed by atoms with Crippen LogP contribution in [0, 0.1) is 6.92 Å². The highest BCUT2D eigenvalue weighted by molar-refractivity contribution is 6.33. The van der Waals surface area contributed by atoms with E-state index in [4.69, 9.17) is 22.1 Å². The molecule has 24 heavy (non-hydrogen) atoms. The summed E-state index contributed by atoms with van der Waals surface area (Å²) in [7, 11) is 0. The van der Waals surface area contributed by atoms with Gasteiger partial charge >= 0.3 is 0 Å². The van der Waals surface area contributed by atoms with Gasteiger partial charge in [0.1, 0.15) is 12.4 Å². The van der Waals surface area contributed by atoms with E-state index in [9.17, 15) is 0 Å². The second kappa shape index (κ2) is 7.52. The summed E-state index contributed by atoms with van der Waals surface area (Å²) in [5.74, 6) is 0.858. The molecule has 0 spiro atoms. The number of nitrogens with two attached hydrogens (primary N) is 1. The third-order valence-electron chi connectivity index (χ3n) is 3.98. The van der Waals surface area contributed by atoms with E-state index in [1.165, 1.54) is 0 Å². The van der Waals surface area contributed by atoms with Crippen molar-refractivity contribution in [3.63, 3.8) is 0 Å². The first kappa shape index (κ1) is 16.6. The lowest BCUT2D eigenvalue weighted by molar-refractivity contribution is 0.301. The molecule has 0 atom stereocenters. The van der Waals surface area contributed by atoms with E-state index in [-0.39, 0.29) is 0 Å². The number of hydrogen-bond donors (Lipinski definition) is 1. The zero-order valence-electron chi connectivity index (χ0n) is 13.6. The molecule has 0 fully saturated rings. The molecule has 0 aliphatic rings. The molecule has 2 N–H and O–H groups in total. The van der Waals surface area contributed by atoms with Crippen LogP contribution in [0.25, 0.3) is 11.1 Å². The fourth-order valence-corrected chi connectivity index (χ4v) is 3.03. The van der Waals surface area contributed by atoms with Crippen LogP contribution < -0.4 is 10.5 Å². The molecule has 0 unspecified atom stereocenters. The van der Waals surface area contributed by atoms with E-state index < -0.39 is 0 Å². The molecule has 0 aliphatic carbocycles. The summed E-state index contributed by atoms with van der Waals surface area (Å²) >= 11 is 6.33.